The molecular weight excluding hydrogens is 306 g/mol. The highest BCUT2D eigenvalue weighted by molar-refractivity contribution is 6.31. The highest BCUT2D eigenvalue weighted by Gasteiger charge is 2.12. The Hall–Kier alpha value is -2.21. The first-order valence-corrected chi connectivity index (χ1v) is 7.18. The van der Waals surface area contributed by atoms with Gasteiger partial charge >= 0.3 is 0 Å². The van der Waals surface area contributed by atoms with Gasteiger partial charge in [-0.3, -0.25) is 9.48 Å². The lowest BCUT2D eigenvalue weighted by Gasteiger charge is -2.09. The second-order valence-electron chi connectivity index (χ2n) is 4.53. The molecule has 1 heterocycles. The van der Waals surface area contributed by atoms with Crippen molar-refractivity contribution >= 4 is 17.5 Å². The van der Waals surface area contributed by atoms with Crippen LogP contribution >= 0.6 is 11.6 Å². The van der Waals surface area contributed by atoms with E-state index in [4.69, 9.17) is 21.1 Å². The molecule has 0 aliphatic heterocycles. The fourth-order valence-electron chi connectivity index (χ4n) is 1.96. The van der Waals surface area contributed by atoms with Gasteiger partial charge in [-0.05, 0) is 25.1 Å². The van der Waals surface area contributed by atoms with E-state index in [1.165, 1.54) is 7.11 Å². The summed E-state index contributed by atoms with van der Waals surface area (Å²) >= 11 is 6.07. The van der Waals surface area contributed by atoms with Gasteiger partial charge in [0.1, 0.15) is 5.69 Å². The van der Waals surface area contributed by atoms with E-state index in [-0.39, 0.29) is 12.5 Å². The zero-order valence-electron chi connectivity index (χ0n) is 12.7. The number of nitrogens with zero attached hydrogens (tertiary/aromatic N) is 2. The summed E-state index contributed by atoms with van der Waals surface area (Å²) in [6, 6.07) is 4.98. The molecule has 1 N–H and O–H groups in total. The Morgan fingerprint density at radius 2 is 2.05 bits per heavy atom. The lowest BCUT2D eigenvalue weighted by atomic mass is 10.2. The molecule has 0 bridgehead atoms. The van der Waals surface area contributed by atoms with Gasteiger partial charge in [-0.25, -0.2) is 0 Å². The highest BCUT2D eigenvalue weighted by Crippen LogP contribution is 2.27. The minimum Gasteiger partial charge on any atom is -0.493 e. The summed E-state index contributed by atoms with van der Waals surface area (Å²) in [5.41, 5.74) is 1.11. The van der Waals surface area contributed by atoms with Crippen LogP contribution in [-0.2, 0) is 13.1 Å². The van der Waals surface area contributed by atoms with Crippen LogP contribution in [0.15, 0.2) is 24.4 Å². The van der Waals surface area contributed by atoms with Crippen molar-refractivity contribution in [2.24, 2.45) is 0 Å². The molecule has 0 aliphatic rings. The molecule has 0 spiro atoms. The maximum atomic E-state index is 12.2. The summed E-state index contributed by atoms with van der Waals surface area (Å²) in [6.07, 6.45) is 1.74. The lowest BCUT2D eigenvalue weighted by Crippen LogP contribution is -2.23. The number of carbonyl (C=O) groups is 1. The molecule has 118 valence electrons. The van der Waals surface area contributed by atoms with Crippen LogP contribution in [0.5, 0.6) is 11.5 Å². The fourth-order valence-corrected chi connectivity index (χ4v) is 2.18. The van der Waals surface area contributed by atoms with E-state index >= 15 is 0 Å². The molecule has 22 heavy (non-hydrogen) atoms. The number of ether oxygens (including phenoxy) is 2. The fraction of sp³-hybridized carbons (Fsp3) is 0.333. The second kappa shape index (κ2) is 7.17. The number of methoxy groups -OCH3 is 2. The minimum absolute atomic E-state index is 0.233. The van der Waals surface area contributed by atoms with Crippen LogP contribution in [0.3, 0.4) is 0 Å². The van der Waals surface area contributed by atoms with Crippen molar-refractivity contribution in [2.45, 2.75) is 20.0 Å². The Bertz CT molecular complexity index is 670. The Balaban J connectivity index is 2.07. The Morgan fingerprint density at radius 1 is 1.32 bits per heavy atom. The predicted molar refractivity (Wildman–Crippen MR) is 83.6 cm³/mol. The van der Waals surface area contributed by atoms with E-state index in [1.807, 2.05) is 6.92 Å². The highest BCUT2D eigenvalue weighted by atomic mass is 35.5. The minimum atomic E-state index is -0.233. The van der Waals surface area contributed by atoms with Gasteiger partial charge in [0.15, 0.2) is 11.5 Å². The first-order chi connectivity index (χ1) is 10.6. The number of nitrogens with one attached hydrogen (secondary N) is 1. The van der Waals surface area contributed by atoms with E-state index in [2.05, 4.69) is 10.4 Å². The third kappa shape index (κ3) is 3.51. The summed E-state index contributed by atoms with van der Waals surface area (Å²) in [7, 11) is 3.07. The smallest absolute Gasteiger partial charge is 0.251 e. The zero-order valence-corrected chi connectivity index (χ0v) is 13.5. The molecule has 0 fully saturated rings. The first kappa shape index (κ1) is 16.2. The maximum Gasteiger partial charge on any atom is 0.251 e. The third-order valence-electron chi connectivity index (χ3n) is 3.17. The summed E-state index contributed by atoms with van der Waals surface area (Å²) in [4.78, 5) is 12.2. The number of aryl methyl sites for hydroxylation is 1. The van der Waals surface area contributed by atoms with Crippen LogP contribution in [0.2, 0.25) is 5.02 Å². The molecule has 0 saturated heterocycles. The topological polar surface area (TPSA) is 65.4 Å². The van der Waals surface area contributed by atoms with Crippen LogP contribution in [0.25, 0.3) is 0 Å². The number of carbonyl (C=O) groups excluding carboxylic acids is 1. The molecule has 6 nitrogen and oxygen atoms in total. The largest absolute Gasteiger partial charge is 0.493 e. The average molecular weight is 324 g/mol. The summed E-state index contributed by atoms with van der Waals surface area (Å²) in [5, 5.41) is 7.60. The molecule has 1 amide bonds. The number of hydrogen-bond donors (Lipinski definition) is 1. The van der Waals surface area contributed by atoms with Gasteiger partial charge in [0.2, 0.25) is 0 Å². The molecule has 1 aromatic heterocycles. The van der Waals surface area contributed by atoms with Crippen LogP contribution < -0.4 is 14.8 Å². The SMILES string of the molecule is CCn1cc(Cl)c(CNC(=O)c2ccc(OC)c(OC)c2)n1. The molecule has 0 aliphatic carbocycles. The maximum absolute atomic E-state index is 12.2. The van der Waals surface area contributed by atoms with Crippen molar-refractivity contribution in [1.29, 1.82) is 0 Å². The Kier molecular flexibility index (Phi) is 5.27. The van der Waals surface area contributed by atoms with Gasteiger partial charge in [-0.1, -0.05) is 11.6 Å². The zero-order chi connectivity index (χ0) is 16.1. The number of amides is 1. The second-order valence-corrected chi connectivity index (χ2v) is 4.94. The van der Waals surface area contributed by atoms with Crippen molar-refractivity contribution in [3.05, 3.63) is 40.7 Å². The molecular formula is C15H18ClN3O3. The molecule has 0 radical (unpaired) electrons. The van der Waals surface area contributed by atoms with E-state index in [0.29, 0.717) is 27.8 Å². The van der Waals surface area contributed by atoms with Gasteiger partial charge in [0.25, 0.3) is 5.91 Å². The van der Waals surface area contributed by atoms with Gasteiger partial charge in [0.05, 0.1) is 25.8 Å². The number of aromatic nitrogens is 2. The summed E-state index contributed by atoms with van der Waals surface area (Å²) in [5.74, 6) is 0.843. The first-order valence-electron chi connectivity index (χ1n) is 6.81. The molecule has 7 heteroatoms. The Labute approximate surface area is 134 Å². The van der Waals surface area contributed by atoms with E-state index < -0.39 is 0 Å². The van der Waals surface area contributed by atoms with Crippen molar-refractivity contribution in [3.63, 3.8) is 0 Å². The summed E-state index contributed by atoms with van der Waals surface area (Å²) in [6.45, 7) is 2.96. The Morgan fingerprint density at radius 3 is 2.64 bits per heavy atom. The average Bonchev–Trinajstić information content (AvgIpc) is 2.92. The number of rotatable bonds is 6. The molecule has 1 aromatic carbocycles. The molecule has 0 atom stereocenters. The standard InChI is InChI=1S/C15H18ClN3O3/c1-4-19-9-11(16)12(18-19)8-17-15(20)10-5-6-13(21-2)14(7-10)22-3/h5-7,9H,4,8H2,1-3H3,(H,17,20). The molecule has 0 unspecified atom stereocenters. The van der Waals surface area contributed by atoms with Crippen molar-refractivity contribution < 1.29 is 14.3 Å². The van der Waals surface area contributed by atoms with Crippen molar-refractivity contribution in [2.75, 3.05) is 14.2 Å². The summed E-state index contributed by atoms with van der Waals surface area (Å²) < 4.78 is 12.1. The lowest BCUT2D eigenvalue weighted by molar-refractivity contribution is 0.0950. The van der Waals surface area contributed by atoms with Crippen LogP contribution in [0, 0.1) is 0 Å². The van der Waals surface area contributed by atoms with Crippen molar-refractivity contribution in [3.8, 4) is 11.5 Å². The number of benzene rings is 1. The van der Waals surface area contributed by atoms with Crippen LogP contribution in [0.1, 0.15) is 23.0 Å². The quantitative estimate of drug-likeness (QED) is 0.887. The van der Waals surface area contributed by atoms with Gasteiger partial charge in [-0.2, -0.15) is 5.10 Å². The molecule has 2 rings (SSSR count). The van der Waals surface area contributed by atoms with Crippen LogP contribution in [-0.4, -0.2) is 29.9 Å². The van der Waals surface area contributed by atoms with E-state index in [1.54, 1.807) is 36.2 Å². The normalized spacial score (nSPS) is 10.4. The van der Waals surface area contributed by atoms with E-state index in [9.17, 15) is 4.79 Å². The monoisotopic (exact) mass is 323 g/mol. The molecule has 2 aromatic rings. The van der Waals surface area contributed by atoms with Crippen molar-refractivity contribution in [1.82, 2.24) is 15.1 Å². The number of hydrogen-bond acceptors (Lipinski definition) is 4. The third-order valence-corrected chi connectivity index (χ3v) is 3.49. The van der Waals surface area contributed by atoms with Crippen LogP contribution in [0.4, 0.5) is 0 Å². The van der Waals surface area contributed by atoms with Gasteiger partial charge < -0.3 is 14.8 Å². The van der Waals surface area contributed by atoms with Gasteiger partial charge in [-0.15, -0.1) is 0 Å². The molecule has 0 saturated carbocycles. The number of halogens is 1. The van der Waals surface area contributed by atoms with E-state index in [0.717, 1.165) is 6.54 Å². The van der Waals surface area contributed by atoms with Gasteiger partial charge in [0, 0.05) is 18.3 Å². The predicted octanol–water partition coefficient (Wildman–Crippen LogP) is 2.50.